The van der Waals surface area contributed by atoms with Crippen molar-refractivity contribution in [1.29, 1.82) is 0 Å². The van der Waals surface area contributed by atoms with Gasteiger partial charge in [-0.1, -0.05) is 23.7 Å². The summed E-state index contributed by atoms with van der Waals surface area (Å²) in [6.45, 7) is 5.52. The van der Waals surface area contributed by atoms with E-state index in [1.165, 1.54) is 4.90 Å². The summed E-state index contributed by atoms with van der Waals surface area (Å²) in [4.78, 5) is 43.4. The molecule has 3 aliphatic heterocycles. The maximum atomic E-state index is 13.5. The molecule has 1 aromatic carbocycles. The third-order valence-corrected chi connectivity index (χ3v) is 7.86. The lowest BCUT2D eigenvalue weighted by atomic mass is 9.92. The van der Waals surface area contributed by atoms with Crippen molar-refractivity contribution >= 4 is 29.5 Å². The molecule has 186 valence electrons. The van der Waals surface area contributed by atoms with E-state index in [0.29, 0.717) is 63.8 Å². The quantitative estimate of drug-likeness (QED) is 0.682. The Labute approximate surface area is 205 Å². The molecule has 8 nitrogen and oxygen atoms in total. The number of hydrogen-bond donors (Lipinski definition) is 1. The van der Waals surface area contributed by atoms with Gasteiger partial charge in [-0.3, -0.25) is 9.59 Å². The lowest BCUT2D eigenvalue weighted by molar-refractivity contribution is -0.144. The highest BCUT2D eigenvalue weighted by Gasteiger charge is 2.43. The van der Waals surface area contributed by atoms with Gasteiger partial charge >= 0.3 is 6.09 Å². The number of carboxylic acid groups (broad SMARTS) is 1. The molecule has 0 aromatic heterocycles. The van der Waals surface area contributed by atoms with E-state index in [2.05, 4.69) is 0 Å². The van der Waals surface area contributed by atoms with Crippen molar-refractivity contribution in [2.24, 2.45) is 11.8 Å². The molecule has 0 saturated carbocycles. The van der Waals surface area contributed by atoms with E-state index in [1.807, 2.05) is 28.9 Å². The number of rotatable bonds is 5. The van der Waals surface area contributed by atoms with Crippen LogP contribution in [0.25, 0.3) is 0 Å². The van der Waals surface area contributed by atoms with Crippen molar-refractivity contribution in [3.8, 4) is 0 Å². The molecule has 0 aliphatic carbocycles. The van der Waals surface area contributed by atoms with Gasteiger partial charge in [-0.15, -0.1) is 0 Å². The Hall–Kier alpha value is -2.32. The zero-order valence-corrected chi connectivity index (χ0v) is 20.5. The maximum Gasteiger partial charge on any atom is 0.407 e. The van der Waals surface area contributed by atoms with Gasteiger partial charge in [0.15, 0.2) is 0 Å². The summed E-state index contributed by atoms with van der Waals surface area (Å²) in [6, 6.07) is 7.15. The molecule has 3 heterocycles. The van der Waals surface area contributed by atoms with Crippen LogP contribution in [0.3, 0.4) is 0 Å². The number of halogens is 1. The van der Waals surface area contributed by atoms with Crippen LogP contribution in [0.15, 0.2) is 24.3 Å². The number of ether oxygens (including phenoxy) is 1. The molecule has 9 heteroatoms. The number of likely N-dealkylation sites (N-methyl/N-ethyl adjacent to an activating group) is 1. The van der Waals surface area contributed by atoms with Crippen LogP contribution in [0.1, 0.15) is 44.1 Å². The number of carbonyl (C=O) groups is 3. The first kappa shape index (κ1) is 24.8. The molecule has 3 aliphatic rings. The number of nitrogens with zero attached hydrogens (tertiary/aromatic N) is 3. The highest BCUT2D eigenvalue weighted by Crippen LogP contribution is 2.34. The van der Waals surface area contributed by atoms with Gasteiger partial charge in [-0.25, -0.2) is 4.79 Å². The molecule has 0 unspecified atom stereocenters. The highest BCUT2D eigenvalue weighted by atomic mass is 35.5. The van der Waals surface area contributed by atoms with Gasteiger partial charge in [0.25, 0.3) is 0 Å². The molecule has 1 N–H and O–H groups in total. The Morgan fingerprint density at radius 3 is 2.15 bits per heavy atom. The minimum Gasteiger partial charge on any atom is -0.465 e. The Morgan fingerprint density at radius 2 is 1.56 bits per heavy atom. The Balaban J connectivity index is 1.41. The summed E-state index contributed by atoms with van der Waals surface area (Å²) >= 11 is 6.06. The molecule has 2 atom stereocenters. The van der Waals surface area contributed by atoms with Gasteiger partial charge in [0.2, 0.25) is 11.8 Å². The van der Waals surface area contributed by atoms with E-state index in [9.17, 15) is 19.5 Å². The van der Waals surface area contributed by atoms with Gasteiger partial charge in [-0.2, -0.15) is 0 Å². The smallest absolute Gasteiger partial charge is 0.407 e. The largest absolute Gasteiger partial charge is 0.465 e. The topological polar surface area (TPSA) is 90.4 Å². The number of benzene rings is 1. The third-order valence-electron chi connectivity index (χ3n) is 7.61. The predicted octanol–water partition coefficient (Wildman–Crippen LogP) is 3.30. The average Bonchev–Trinajstić information content (AvgIpc) is 3.29. The summed E-state index contributed by atoms with van der Waals surface area (Å²) < 4.78 is 5.37. The SMILES string of the molecule is CCN(C(=O)O)[C@@H]1CN(C(=O)C2CCN(C(=O)C3CCOCC3)CC2)C[C@H]1c1ccc(Cl)cc1. The fraction of sp³-hybridized carbons (Fsp3) is 0.640. The van der Waals surface area contributed by atoms with Crippen molar-refractivity contribution in [1.82, 2.24) is 14.7 Å². The Morgan fingerprint density at radius 1 is 0.971 bits per heavy atom. The van der Waals surface area contributed by atoms with Crippen LogP contribution >= 0.6 is 11.6 Å². The van der Waals surface area contributed by atoms with Gasteiger partial charge in [-0.05, 0) is 50.3 Å². The second-order valence-corrected chi connectivity index (χ2v) is 9.96. The molecule has 3 fully saturated rings. The van der Waals surface area contributed by atoms with Crippen LogP contribution in [-0.4, -0.2) is 89.7 Å². The molecule has 3 amide bonds. The number of likely N-dealkylation sites (tertiary alicyclic amines) is 2. The van der Waals surface area contributed by atoms with Crippen LogP contribution in [0.5, 0.6) is 0 Å². The fourth-order valence-corrected chi connectivity index (χ4v) is 5.77. The van der Waals surface area contributed by atoms with Crippen LogP contribution in [0.2, 0.25) is 5.02 Å². The lowest BCUT2D eigenvalue weighted by Crippen LogP contribution is -2.47. The van der Waals surface area contributed by atoms with Gasteiger partial charge < -0.3 is 24.5 Å². The monoisotopic (exact) mass is 491 g/mol. The maximum absolute atomic E-state index is 13.5. The normalized spacial score (nSPS) is 24.3. The second kappa shape index (κ2) is 11.0. The zero-order valence-electron chi connectivity index (χ0n) is 19.7. The average molecular weight is 492 g/mol. The lowest BCUT2D eigenvalue weighted by Gasteiger charge is -2.36. The molecule has 0 spiro atoms. The number of piperidine rings is 1. The molecular weight excluding hydrogens is 458 g/mol. The minimum absolute atomic E-state index is 0.0384. The van der Waals surface area contributed by atoms with Crippen molar-refractivity contribution < 1.29 is 24.2 Å². The predicted molar refractivity (Wildman–Crippen MR) is 128 cm³/mol. The van der Waals surface area contributed by atoms with Gasteiger partial charge in [0.1, 0.15) is 0 Å². The molecule has 3 saturated heterocycles. The van der Waals surface area contributed by atoms with Crippen LogP contribution in [0.4, 0.5) is 4.79 Å². The standard InChI is InChI=1S/C25H34ClN3O5/c1-2-29(25(32)33)22-16-28(15-21(22)17-3-5-20(26)6-4-17)24(31)18-7-11-27(12-8-18)23(30)19-9-13-34-14-10-19/h3-6,18-19,21-22H,2,7-16H2,1H3,(H,32,33)/t21-,22+/m0/s1. The molecule has 4 rings (SSSR count). The van der Waals surface area contributed by atoms with E-state index in [4.69, 9.17) is 16.3 Å². The van der Waals surface area contributed by atoms with Crippen molar-refractivity contribution in [3.63, 3.8) is 0 Å². The highest BCUT2D eigenvalue weighted by molar-refractivity contribution is 6.30. The van der Waals surface area contributed by atoms with E-state index in [0.717, 1.165) is 18.4 Å². The van der Waals surface area contributed by atoms with E-state index >= 15 is 0 Å². The van der Waals surface area contributed by atoms with Gasteiger partial charge in [0, 0.05) is 68.7 Å². The fourth-order valence-electron chi connectivity index (χ4n) is 5.64. The van der Waals surface area contributed by atoms with Gasteiger partial charge in [0.05, 0.1) is 6.04 Å². The van der Waals surface area contributed by atoms with Crippen LogP contribution in [-0.2, 0) is 14.3 Å². The van der Waals surface area contributed by atoms with Crippen LogP contribution < -0.4 is 0 Å². The molecule has 0 bridgehead atoms. The Kier molecular flexibility index (Phi) is 7.99. The summed E-state index contributed by atoms with van der Waals surface area (Å²) in [7, 11) is 0. The van der Waals surface area contributed by atoms with Crippen molar-refractivity contribution in [2.45, 2.75) is 44.6 Å². The van der Waals surface area contributed by atoms with E-state index in [1.54, 1.807) is 12.1 Å². The summed E-state index contributed by atoms with van der Waals surface area (Å²) in [5.74, 6) is 0.0617. The number of carbonyl (C=O) groups excluding carboxylic acids is 2. The summed E-state index contributed by atoms with van der Waals surface area (Å²) in [5, 5.41) is 10.4. The zero-order chi connectivity index (χ0) is 24.2. The Bertz CT molecular complexity index is 881. The number of amides is 3. The second-order valence-electron chi connectivity index (χ2n) is 9.52. The third kappa shape index (κ3) is 5.33. The molecule has 1 aromatic rings. The van der Waals surface area contributed by atoms with E-state index < -0.39 is 6.09 Å². The molecule has 34 heavy (non-hydrogen) atoms. The summed E-state index contributed by atoms with van der Waals surface area (Å²) in [5.41, 5.74) is 0.987. The first-order valence-corrected chi connectivity index (χ1v) is 12.7. The minimum atomic E-state index is -0.972. The summed E-state index contributed by atoms with van der Waals surface area (Å²) in [6.07, 6.45) is 1.88. The van der Waals surface area contributed by atoms with Crippen LogP contribution in [0, 0.1) is 11.8 Å². The first-order valence-electron chi connectivity index (χ1n) is 12.3. The van der Waals surface area contributed by atoms with Crippen molar-refractivity contribution in [3.05, 3.63) is 34.9 Å². The number of hydrogen-bond acceptors (Lipinski definition) is 4. The first-order chi connectivity index (χ1) is 16.4. The molecular formula is C25H34ClN3O5. The van der Waals surface area contributed by atoms with E-state index in [-0.39, 0.29) is 35.6 Å². The van der Waals surface area contributed by atoms with Crippen molar-refractivity contribution in [2.75, 3.05) is 45.9 Å². The molecule has 0 radical (unpaired) electrons.